The predicted molar refractivity (Wildman–Crippen MR) is 78.0 cm³/mol. The summed E-state index contributed by atoms with van der Waals surface area (Å²) in [5.74, 6) is -1.16. The summed E-state index contributed by atoms with van der Waals surface area (Å²) in [6.07, 6.45) is 2.98. The maximum absolute atomic E-state index is 12.6. The van der Waals surface area contributed by atoms with Crippen molar-refractivity contribution in [1.82, 2.24) is 4.98 Å². The van der Waals surface area contributed by atoms with Crippen LogP contribution in [0.1, 0.15) is 15.9 Å². The van der Waals surface area contributed by atoms with E-state index in [0.29, 0.717) is 5.69 Å². The van der Waals surface area contributed by atoms with Gasteiger partial charge in [-0.15, -0.1) is 0 Å². The number of aromatic nitrogens is 1. The molecule has 1 aromatic heterocycles. The van der Waals surface area contributed by atoms with Crippen molar-refractivity contribution < 1.29 is 18.3 Å². The number of sulfonamides is 1. The Morgan fingerprint density at radius 2 is 1.81 bits per heavy atom. The fourth-order valence-corrected chi connectivity index (χ4v) is 3.41. The minimum Gasteiger partial charge on any atom is -0.478 e. The molecule has 0 aliphatic heterocycles. The number of carboxylic acids is 1. The van der Waals surface area contributed by atoms with Crippen LogP contribution in [0.15, 0.2) is 47.6 Å². The first-order valence-electron chi connectivity index (χ1n) is 6.07. The smallest absolute Gasteiger partial charge is 0.335 e. The summed E-state index contributed by atoms with van der Waals surface area (Å²) < 4.78 is 26.4. The van der Waals surface area contributed by atoms with Gasteiger partial charge in [0.15, 0.2) is 0 Å². The lowest BCUT2D eigenvalue weighted by Gasteiger charge is -2.20. The Kier molecular flexibility index (Phi) is 3.95. The standard InChI is InChI=1S/C14H14N2O4S/c1-10-12(14(17)18)4-3-5-13(10)21(19,20)16(2)11-6-8-15-9-7-11/h3-9H,1-2H3,(H,17,18). The molecule has 1 aromatic carbocycles. The molecule has 0 saturated heterocycles. The second-order valence-electron chi connectivity index (χ2n) is 4.41. The summed E-state index contributed by atoms with van der Waals surface area (Å²) in [6.45, 7) is 1.48. The lowest BCUT2D eigenvalue weighted by atomic mass is 10.1. The third-order valence-corrected chi connectivity index (χ3v) is 5.11. The average Bonchev–Trinajstić information content (AvgIpc) is 2.47. The van der Waals surface area contributed by atoms with Gasteiger partial charge < -0.3 is 5.11 Å². The molecule has 2 rings (SSSR count). The molecule has 0 aliphatic rings. The van der Waals surface area contributed by atoms with Crippen LogP contribution in [0.3, 0.4) is 0 Å². The maximum atomic E-state index is 12.6. The normalized spacial score (nSPS) is 11.1. The number of carboxylic acid groups (broad SMARTS) is 1. The lowest BCUT2D eigenvalue weighted by molar-refractivity contribution is 0.0696. The van der Waals surface area contributed by atoms with Gasteiger partial charge in [-0.05, 0) is 36.8 Å². The van der Waals surface area contributed by atoms with E-state index >= 15 is 0 Å². The second-order valence-corrected chi connectivity index (χ2v) is 6.35. The Balaban J connectivity index is 2.55. The minimum absolute atomic E-state index is 0.0262. The molecule has 7 heteroatoms. The third kappa shape index (κ3) is 2.73. The molecule has 21 heavy (non-hydrogen) atoms. The third-order valence-electron chi connectivity index (χ3n) is 3.18. The van der Waals surface area contributed by atoms with Crippen LogP contribution in [0.4, 0.5) is 5.69 Å². The summed E-state index contributed by atoms with van der Waals surface area (Å²) in [5, 5.41) is 9.09. The number of hydrogen-bond acceptors (Lipinski definition) is 4. The Morgan fingerprint density at radius 1 is 1.19 bits per heavy atom. The highest BCUT2D eigenvalue weighted by Gasteiger charge is 2.25. The number of benzene rings is 1. The molecule has 0 fully saturated rings. The number of nitrogens with zero attached hydrogens (tertiary/aromatic N) is 2. The maximum Gasteiger partial charge on any atom is 0.335 e. The van der Waals surface area contributed by atoms with Crippen molar-refractivity contribution in [3.05, 3.63) is 53.9 Å². The minimum atomic E-state index is -3.84. The molecule has 6 nitrogen and oxygen atoms in total. The number of carbonyl (C=O) groups is 1. The van der Waals surface area contributed by atoms with Crippen LogP contribution in [0, 0.1) is 6.92 Å². The van der Waals surface area contributed by atoms with E-state index < -0.39 is 16.0 Å². The molecule has 1 N–H and O–H groups in total. The highest BCUT2D eigenvalue weighted by molar-refractivity contribution is 7.92. The van der Waals surface area contributed by atoms with Crippen LogP contribution < -0.4 is 4.31 Å². The van der Waals surface area contributed by atoms with E-state index in [-0.39, 0.29) is 16.0 Å². The second kappa shape index (κ2) is 5.53. The number of anilines is 1. The zero-order chi connectivity index (χ0) is 15.6. The first kappa shape index (κ1) is 15.0. The first-order chi connectivity index (χ1) is 9.85. The van der Waals surface area contributed by atoms with Crippen molar-refractivity contribution in [2.45, 2.75) is 11.8 Å². The van der Waals surface area contributed by atoms with Gasteiger partial charge in [0.05, 0.1) is 16.1 Å². The van der Waals surface area contributed by atoms with Gasteiger partial charge >= 0.3 is 5.97 Å². The highest BCUT2D eigenvalue weighted by Crippen LogP contribution is 2.25. The molecule has 110 valence electrons. The number of pyridine rings is 1. The van der Waals surface area contributed by atoms with Gasteiger partial charge in [0.2, 0.25) is 0 Å². The largest absolute Gasteiger partial charge is 0.478 e. The van der Waals surface area contributed by atoms with Crippen molar-refractivity contribution in [2.24, 2.45) is 0 Å². The van der Waals surface area contributed by atoms with Gasteiger partial charge in [0.25, 0.3) is 10.0 Å². The number of rotatable bonds is 4. The van der Waals surface area contributed by atoms with Crippen LogP contribution in [0.2, 0.25) is 0 Å². The molecule has 1 heterocycles. The van der Waals surface area contributed by atoms with E-state index in [1.54, 1.807) is 12.1 Å². The summed E-state index contributed by atoms with van der Waals surface area (Å²) in [7, 11) is -2.42. The van der Waals surface area contributed by atoms with Gasteiger partial charge in [0, 0.05) is 19.4 Å². The van der Waals surface area contributed by atoms with Crippen LogP contribution in [0.5, 0.6) is 0 Å². The predicted octanol–water partition coefficient (Wildman–Crippen LogP) is 1.91. The molecule has 0 saturated carbocycles. The molecule has 0 bridgehead atoms. The quantitative estimate of drug-likeness (QED) is 0.932. The summed E-state index contributed by atoms with van der Waals surface area (Å²) in [5.41, 5.74) is 0.634. The van der Waals surface area contributed by atoms with Gasteiger partial charge in [-0.1, -0.05) is 6.07 Å². The molecule has 0 unspecified atom stereocenters. The summed E-state index contributed by atoms with van der Waals surface area (Å²) >= 11 is 0. The molecular weight excluding hydrogens is 292 g/mol. The van der Waals surface area contributed by atoms with Gasteiger partial charge in [-0.2, -0.15) is 0 Å². The van der Waals surface area contributed by atoms with E-state index in [2.05, 4.69) is 4.98 Å². The molecule has 2 aromatic rings. The van der Waals surface area contributed by atoms with Crippen molar-refractivity contribution in [3.63, 3.8) is 0 Å². The van der Waals surface area contributed by atoms with E-state index in [0.717, 1.165) is 4.31 Å². The van der Waals surface area contributed by atoms with Crippen LogP contribution in [0.25, 0.3) is 0 Å². The monoisotopic (exact) mass is 306 g/mol. The Hall–Kier alpha value is -2.41. The van der Waals surface area contributed by atoms with E-state index in [1.165, 1.54) is 44.6 Å². The van der Waals surface area contributed by atoms with Crippen molar-refractivity contribution in [3.8, 4) is 0 Å². The molecule has 0 atom stereocenters. The molecule has 0 aliphatic carbocycles. The Labute approximate surface area is 122 Å². The lowest BCUT2D eigenvalue weighted by Crippen LogP contribution is -2.27. The van der Waals surface area contributed by atoms with Gasteiger partial charge in [-0.25, -0.2) is 13.2 Å². The fourth-order valence-electron chi connectivity index (χ4n) is 1.97. The summed E-state index contributed by atoms with van der Waals surface area (Å²) in [4.78, 5) is 14.9. The van der Waals surface area contributed by atoms with Crippen LogP contribution >= 0.6 is 0 Å². The Morgan fingerprint density at radius 3 is 2.38 bits per heavy atom. The van der Waals surface area contributed by atoms with Gasteiger partial charge in [0.1, 0.15) is 0 Å². The van der Waals surface area contributed by atoms with Crippen molar-refractivity contribution in [1.29, 1.82) is 0 Å². The van der Waals surface area contributed by atoms with Gasteiger partial charge in [-0.3, -0.25) is 9.29 Å². The SMILES string of the molecule is Cc1c(C(=O)O)cccc1S(=O)(=O)N(C)c1ccncc1. The molecule has 0 radical (unpaired) electrons. The summed E-state index contributed by atoms with van der Waals surface area (Å²) in [6, 6.07) is 7.32. The highest BCUT2D eigenvalue weighted by atomic mass is 32.2. The zero-order valence-electron chi connectivity index (χ0n) is 11.5. The van der Waals surface area contributed by atoms with Crippen LogP contribution in [-0.2, 0) is 10.0 Å². The van der Waals surface area contributed by atoms with Crippen molar-refractivity contribution >= 4 is 21.7 Å². The average molecular weight is 306 g/mol. The van der Waals surface area contributed by atoms with E-state index in [4.69, 9.17) is 5.11 Å². The zero-order valence-corrected chi connectivity index (χ0v) is 12.3. The Bertz CT molecular complexity index is 773. The van der Waals surface area contributed by atoms with Crippen LogP contribution in [-0.4, -0.2) is 31.5 Å². The number of aromatic carboxylic acids is 1. The number of hydrogen-bond donors (Lipinski definition) is 1. The van der Waals surface area contributed by atoms with E-state index in [9.17, 15) is 13.2 Å². The molecular formula is C14H14N2O4S. The fraction of sp³-hybridized carbons (Fsp3) is 0.143. The molecule has 0 amide bonds. The van der Waals surface area contributed by atoms with Crippen molar-refractivity contribution in [2.75, 3.05) is 11.4 Å². The molecule has 0 spiro atoms. The topological polar surface area (TPSA) is 87.6 Å². The van der Waals surface area contributed by atoms with E-state index in [1.807, 2.05) is 0 Å². The first-order valence-corrected chi connectivity index (χ1v) is 7.51.